The summed E-state index contributed by atoms with van der Waals surface area (Å²) < 4.78 is 31.0. The summed E-state index contributed by atoms with van der Waals surface area (Å²) in [5.41, 5.74) is 0.405. The predicted octanol–water partition coefficient (Wildman–Crippen LogP) is 2.86. The summed E-state index contributed by atoms with van der Waals surface area (Å²) >= 11 is 0. The number of benzene rings is 1. The normalized spacial score (nSPS) is 18.3. The molecule has 1 fully saturated rings. The lowest BCUT2D eigenvalue weighted by Gasteiger charge is -2.01. The van der Waals surface area contributed by atoms with E-state index < -0.39 is 11.6 Å². The summed E-state index contributed by atoms with van der Waals surface area (Å²) in [6.07, 6.45) is 2.01. The van der Waals surface area contributed by atoms with Gasteiger partial charge in [-0.25, -0.2) is 8.78 Å². The molecular formula is C12H12ClF2N3O. The maximum atomic E-state index is 13.1. The molecule has 4 nitrogen and oxygen atoms in total. The molecule has 1 unspecified atom stereocenters. The molecule has 1 saturated heterocycles. The molecule has 0 saturated carbocycles. The third kappa shape index (κ3) is 2.74. The molecule has 0 amide bonds. The molecular weight excluding hydrogens is 276 g/mol. The molecule has 2 heterocycles. The molecule has 1 aromatic carbocycles. The highest BCUT2D eigenvalue weighted by Crippen LogP contribution is 2.24. The third-order valence-electron chi connectivity index (χ3n) is 2.98. The molecule has 102 valence electrons. The van der Waals surface area contributed by atoms with E-state index >= 15 is 0 Å². The van der Waals surface area contributed by atoms with E-state index in [1.807, 2.05) is 0 Å². The van der Waals surface area contributed by atoms with Crippen molar-refractivity contribution in [2.24, 2.45) is 0 Å². The van der Waals surface area contributed by atoms with Crippen molar-refractivity contribution in [3.63, 3.8) is 0 Å². The maximum Gasteiger partial charge on any atom is 0.244 e. The highest BCUT2D eigenvalue weighted by molar-refractivity contribution is 5.85. The molecule has 1 N–H and O–H groups in total. The number of hydrogen-bond acceptors (Lipinski definition) is 4. The fourth-order valence-electron chi connectivity index (χ4n) is 2.02. The van der Waals surface area contributed by atoms with Crippen LogP contribution in [0.15, 0.2) is 22.7 Å². The van der Waals surface area contributed by atoms with Crippen molar-refractivity contribution in [3.05, 3.63) is 35.7 Å². The number of rotatable bonds is 2. The van der Waals surface area contributed by atoms with Gasteiger partial charge in [0, 0.05) is 5.56 Å². The quantitative estimate of drug-likeness (QED) is 0.923. The van der Waals surface area contributed by atoms with Gasteiger partial charge in [0.15, 0.2) is 11.6 Å². The Labute approximate surface area is 114 Å². The number of halogens is 3. The van der Waals surface area contributed by atoms with Gasteiger partial charge in [-0.05, 0) is 37.6 Å². The molecule has 19 heavy (non-hydrogen) atoms. The first-order valence-corrected chi connectivity index (χ1v) is 5.76. The zero-order chi connectivity index (χ0) is 12.5. The molecule has 7 heteroatoms. The van der Waals surface area contributed by atoms with Crippen molar-refractivity contribution in [2.45, 2.75) is 18.9 Å². The van der Waals surface area contributed by atoms with Crippen LogP contribution in [-0.4, -0.2) is 16.7 Å². The van der Waals surface area contributed by atoms with E-state index in [0.29, 0.717) is 11.5 Å². The van der Waals surface area contributed by atoms with Crippen LogP contribution in [0.2, 0.25) is 0 Å². The molecule has 2 aromatic rings. The predicted molar refractivity (Wildman–Crippen MR) is 66.9 cm³/mol. The van der Waals surface area contributed by atoms with Gasteiger partial charge in [-0.1, -0.05) is 5.16 Å². The second kappa shape index (κ2) is 5.63. The Bertz CT molecular complexity index is 570. The van der Waals surface area contributed by atoms with Crippen LogP contribution in [0.4, 0.5) is 8.78 Å². The summed E-state index contributed by atoms with van der Waals surface area (Å²) in [5.74, 6) is -1.04. The van der Waals surface area contributed by atoms with Crippen molar-refractivity contribution < 1.29 is 13.3 Å². The minimum Gasteiger partial charge on any atom is -0.337 e. The number of hydrogen-bond donors (Lipinski definition) is 1. The van der Waals surface area contributed by atoms with Crippen LogP contribution in [0.5, 0.6) is 0 Å². The van der Waals surface area contributed by atoms with Crippen LogP contribution < -0.4 is 5.32 Å². The summed E-state index contributed by atoms with van der Waals surface area (Å²) in [6, 6.07) is 3.60. The number of aromatic nitrogens is 2. The highest BCUT2D eigenvalue weighted by Gasteiger charge is 2.22. The average molecular weight is 288 g/mol. The van der Waals surface area contributed by atoms with Crippen LogP contribution >= 0.6 is 12.4 Å². The molecule has 0 spiro atoms. The van der Waals surface area contributed by atoms with E-state index in [9.17, 15) is 8.78 Å². The zero-order valence-corrected chi connectivity index (χ0v) is 10.7. The Morgan fingerprint density at radius 2 is 2.11 bits per heavy atom. The number of nitrogens with zero attached hydrogens (tertiary/aromatic N) is 2. The Kier molecular flexibility index (Phi) is 4.11. The molecule has 1 aliphatic heterocycles. The zero-order valence-electron chi connectivity index (χ0n) is 9.90. The summed E-state index contributed by atoms with van der Waals surface area (Å²) in [4.78, 5) is 4.20. The van der Waals surface area contributed by atoms with Crippen LogP contribution in [0.3, 0.4) is 0 Å². The van der Waals surface area contributed by atoms with Gasteiger partial charge < -0.3 is 9.84 Å². The van der Waals surface area contributed by atoms with Crippen LogP contribution in [0.25, 0.3) is 11.4 Å². The Hall–Kier alpha value is -1.53. The first-order chi connectivity index (χ1) is 8.74. The molecule has 1 aliphatic rings. The van der Waals surface area contributed by atoms with Gasteiger partial charge in [0.05, 0.1) is 6.04 Å². The minimum atomic E-state index is -0.919. The fourth-order valence-corrected chi connectivity index (χ4v) is 2.02. The molecule has 0 aliphatic carbocycles. The molecule has 3 rings (SSSR count). The monoisotopic (exact) mass is 287 g/mol. The molecule has 0 bridgehead atoms. The summed E-state index contributed by atoms with van der Waals surface area (Å²) in [5, 5.41) is 7.01. The van der Waals surface area contributed by atoms with E-state index in [1.165, 1.54) is 6.07 Å². The minimum absolute atomic E-state index is 0. The molecule has 1 aromatic heterocycles. The Morgan fingerprint density at radius 1 is 1.26 bits per heavy atom. The smallest absolute Gasteiger partial charge is 0.244 e. The molecule has 1 atom stereocenters. The van der Waals surface area contributed by atoms with Gasteiger partial charge in [-0.3, -0.25) is 0 Å². The highest BCUT2D eigenvalue weighted by atomic mass is 35.5. The van der Waals surface area contributed by atoms with Crippen LogP contribution in [0, 0.1) is 11.6 Å². The third-order valence-corrected chi connectivity index (χ3v) is 2.98. The van der Waals surface area contributed by atoms with Crippen molar-refractivity contribution >= 4 is 12.4 Å². The van der Waals surface area contributed by atoms with E-state index in [1.54, 1.807) is 0 Å². The average Bonchev–Trinajstić information content (AvgIpc) is 3.01. The topological polar surface area (TPSA) is 51.0 Å². The standard InChI is InChI=1S/C12H11F2N3O.ClH/c13-8-4-3-7(6-9(8)14)11-16-12(18-17-11)10-2-1-5-15-10;/h3-4,6,10,15H,1-2,5H2;1H. The van der Waals surface area contributed by atoms with Crippen molar-refractivity contribution in [3.8, 4) is 11.4 Å². The second-order valence-electron chi connectivity index (χ2n) is 4.23. The summed E-state index contributed by atoms with van der Waals surface area (Å²) in [6.45, 7) is 0.924. The van der Waals surface area contributed by atoms with Crippen molar-refractivity contribution in [2.75, 3.05) is 6.54 Å². The van der Waals surface area contributed by atoms with Crippen LogP contribution in [0.1, 0.15) is 24.8 Å². The number of nitrogens with one attached hydrogen (secondary N) is 1. The lowest BCUT2D eigenvalue weighted by Crippen LogP contribution is -2.12. The lowest BCUT2D eigenvalue weighted by atomic mass is 10.2. The first kappa shape index (κ1) is 13.9. The van der Waals surface area contributed by atoms with Gasteiger partial charge in [0.2, 0.25) is 11.7 Å². The van der Waals surface area contributed by atoms with Gasteiger partial charge >= 0.3 is 0 Å². The lowest BCUT2D eigenvalue weighted by molar-refractivity contribution is 0.345. The van der Waals surface area contributed by atoms with Gasteiger partial charge in [0.25, 0.3) is 0 Å². The second-order valence-corrected chi connectivity index (χ2v) is 4.23. The van der Waals surface area contributed by atoms with E-state index in [0.717, 1.165) is 31.5 Å². The van der Waals surface area contributed by atoms with E-state index in [-0.39, 0.29) is 24.3 Å². The van der Waals surface area contributed by atoms with Crippen LogP contribution in [-0.2, 0) is 0 Å². The van der Waals surface area contributed by atoms with Gasteiger partial charge in [-0.15, -0.1) is 12.4 Å². The maximum absolute atomic E-state index is 13.1. The SMILES string of the molecule is Cl.Fc1ccc(-c2noc(C3CCCN3)n2)cc1F. The Morgan fingerprint density at radius 3 is 2.79 bits per heavy atom. The Balaban J connectivity index is 0.00000133. The molecule has 0 radical (unpaired) electrons. The van der Waals surface area contributed by atoms with Gasteiger partial charge in [-0.2, -0.15) is 4.98 Å². The first-order valence-electron chi connectivity index (χ1n) is 5.76. The van der Waals surface area contributed by atoms with Crippen molar-refractivity contribution in [1.29, 1.82) is 0 Å². The van der Waals surface area contributed by atoms with E-state index in [4.69, 9.17) is 4.52 Å². The van der Waals surface area contributed by atoms with Crippen molar-refractivity contribution in [1.82, 2.24) is 15.5 Å². The van der Waals surface area contributed by atoms with Gasteiger partial charge in [0.1, 0.15) is 0 Å². The summed E-state index contributed by atoms with van der Waals surface area (Å²) in [7, 11) is 0. The largest absolute Gasteiger partial charge is 0.337 e. The fraction of sp³-hybridized carbons (Fsp3) is 0.333. The van der Waals surface area contributed by atoms with E-state index in [2.05, 4.69) is 15.5 Å².